The third kappa shape index (κ3) is 5.96. The fourth-order valence-electron chi connectivity index (χ4n) is 1.64. The van der Waals surface area contributed by atoms with Crippen LogP contribution in [0.25, 0.3) is 10.8 Å². The van der Waals surface area contributed by atoms with Crippen LogP contribution in [0.2, 0.25) is 0 Å². The first-order valence-corrected chi connectivity index (χ1v) is 7.29. The zero-order valence-electron chi connectivity index (χ0n) is 12.7. The molecule has 2 rings (SSSR count). The van der Waals surface area contributed by atoms with Gasteiger partial charge in [0.15, 0.2) is 0 Å². The summed E-state index contributed by atoms with van der Waals surface area (Å²) in [4.78, 5) is 17.2. The van der Waals surface area contributed by atoms with Crippen molar-refractivity contribution in [3.63, 3.8) is 0 Å². The number of carbonyl (C=O) groups excluding carboxylic acids is 1. The molecule has 0 unspecified atom stereocenters. The van der Waals surface area contributed by atoms with Gasteiger partial charge in [0.2, 0.25) is 11.8 Å². The van der Waals surface area contributed by atoms with Gasteiger partial charge in [-0.1, -0.05) is 6.07 Å². The number of oxazole rings is 1. The molecular weight excluding hydrogens is 345 g/mol. The van der Waals surface area contributed by atoms with Gasteiger partial charge in [0.05, 0.1) is 17.0 Å². The SMILES string of the molecule is Cc1oc(-c2cccs2)nc1CC(=O)NCC(C)(C)N.Cl.Cl. The standard InChI is InChI=1S/C14H19N3O2S.2ClH/c1-9-10(7-12(18)16-8-14(2,3)15)17-13(19-9)11-5-4-6-20-11;;/h4-6H,7-8,15H2,1-3H3,(H,16,18);2*1H. The smallest absolute Gasteiger partial charge is 0.236 e. The molecule has 0 aliphatic carbocycles. The minimum Gasteiger partial charge on any atom is -0.440 e. The summed E-state index contributed by atoms with van der Waals surface area (Å²) in [6.07, 6.45) is 0.205. The Kier molecular flexibility index (Phi) is 8.11. The average molecular weight is 366 g/mol. The number of nitrogens with zero attached hydrogens (tertiary/aromatic N) is 1. The van der Waals surface area contributed by atoms with Gasteiger partial charge in [-0.25, -0.2) is 4.98 Å². The number of aromatic nitrogens is 1. The van der Waals surface area contributed by atoms with Gasteiger partial charge in [-0.05, 0) is 32.2 Å². The van der Waals surface area contributed by atoms with Crippen LogP contribution in [0.15, 0.2) is 21.9 Å². The molecule has 2 aromatic heterocycles. The van der Waals surface area contributed by atoms with Crippen LogP contribution in [0.5, 0.6) is 0 Å². The molecule has 124 valence electrons. The molecule has 2 aromatic rings. The lowest BCUT2D eigenvalue weighted by molar-refractivity contribution is -0.120. The molecule has 1 amide bonds. The van der Waals surface area contributed by atoms with Crippen molar-refractivity contribution in [3.8, 4) is 10.8 Å². The third-order valence-corrected chi connectivity index (χ3v) is 3.55. The van der Waals surface area contributed by atoms with Crippen molar-refractivity contribution in [3.05, 3.63) is 29.0 Å². The predicted molar refractivity (Wildman–Crippen MR) is 94.0 cm³/mol. The zero-order valence-corrected chi connectivity index (χ0v) is 15.2. The van der Waals surface area contributed by atoms with Crippen molar-refractivity contribution < 1.29 is 9.21 Å². The Morgan fingerprint density at radius 3 is 2.68 bits per heavy atom. The van der Waals surface area contributed by atoms with Crippen LogP contribution in [-0.2, 0) is 11.2 Å². The minimum atomic E-state index is -0.420. The van der Waals surface area contributed by atoms with E-state index in [9.17, 15) is 4.79 Å². The number of carbonyl (C=O) groups is 1. The Morgan fingerprint density at radius 1 is 1.45 bits per heavy atom. The second-order valence-corrected chi connectivity index (χ2v) is 6.39. The second-order valence-electron chi connectivity index (χ2n) is 5.44. The van der Waals surface area contributed by atoms with Crippen molar-refractivity contribution in [1.29, 1.82) is 0 Å². The van der Waals surface area contributed by atoms with E-state index in [0.717, 1.165) is 4.88 Å². The number of thiophene rings is 1. The van der Waals surface area contributed by atoms with E-state index in [2.05, 4.69) is 10.3 Å². The predicted octanol–water partition coefficient (Wildman–Crippen LogP) is 2.95. The summed E-state index contributed by atoms with van der Waals surface area (Å²) >= 11 is 1.56. The first-order chi connectivity index (χ1) is 9.35. The third-order valence-electron chi connectivity index (χ3n) is 2.69. The molecule has 0 bridgehead atoms. The summed E-state index contributed by atoms with van der Waals surface area (Å²) in [5.41, 5.74) is 6.08. The first-order valence-electron chi connectivity index (χ1n) is 6.41. The van der Waals surface area contributed by atoms with Crippen LogP contribution < -0.4 is 11.1 Å². The van der Waals surface area contributed by atoms with Gasteiger partial charge in [-0.2, -0.15) is 0 Å². The summed E-state index contributed by atoms with van der Waals surface area (Å²) in [7, 11) is 0. The average Bonchev–Trinajstić information content (AvgIpc) is 2.96. The fraction of sp³-hybridized carbons (Fsp3) is 0.429. The van der Waals surface area contributed by atoms with Crippen LogP contribution in [0, 0.1) is 6.92 Å². The van der Waals surface area contributed by atoms with Crippen LogP contribution in [0.4, 0.5) is 0 Å². The molecule has 5 nitrogen and oxygen atoms in total. The topological polar surface area (TPSA) is 81.2 Å². The van der Waals surface area contributed by atoms with Crippen LogP contribution in [-0.4, -0.2) is 23.0 Å². The van der Waals surface area contributed by atoms with E-state index in [1.807, 2.05) is 38.3 Å². The zero-order chi connectivity index (χ0) is 14.8. The summed E-state index contributed by atoms with van der Waals surface area (Å²) in [6.45, 7) is 5.98. The van der Waals surface area contributed by atoms with Gasteiger partial charge >= 0.3 is 0 Å². The molecule has 0 aliphatic heterocycles. The molecule has 0 aliphatic rings. The second kappa shape index (κ2) is 8.53. The monoisotopic (exact) mass is 365 g/mol. The Morgan fingerprint density at radius 2 is 2.14 bits per heavy atom. The number of rotatable bonds is 5. The largest absolute Gasteiger partial charge is 0.440 e. The van der Waals surface area contributed by atoms with E-state index >= 15 is 0 Å². The lowest BCUT2D eigenvalue weighted by atomic mass is 10.1. The molecule has 0 radical (unpaired) electrons. The van der Waals surface area contributed by atoms with E-state index in [1.165, 1.54) is 0 Å². The molecule has 0 saturated heterocycles. The Hall–Kier alpha value is -1.08. The molecule has 0 fully saturated rings. The number of nitrogens with two attached hydrogens (primary N) is 1. The highest BCUT2D eigenvalue weighted by atomic mass is 35.5. The molecule has 0 saturated carbocycles. The number of hydrogen-bond acceptors (Lipinski definition) is 5. The highest BCUT2D eigenvalue weighted by molar-refractivity contribution is 7.13. The van der Waals surface area contributed by atoms with Crippen molar-refractivity contribution in [2.45, 2.75) is 32.7 Å². The molecule has 8 heteroatoms. The normalized spacial score (nSPS) is 10.5. The maximum Gasteiger partial charge on any atom is 0.236 e. The van der Waals surface area contributed by atoms with Gasteiger partial charge in [0.25, 0.3) is 0 Å². The van der Waals surface area contributed by atoms with E-state index in [-0.39, 0.29) is 37.1 Å². The van der Waals surface area contributed by atoms with Crippen LogP contribution >= 0.6 is 36.2 Å². The molecule has 0 atom stereocenters. The molecule has 2 heterocycles. The number of amides is 1. The Labute approximate surface area is 146 Å². The number of nitrogens with one attached hydrogen (secondary N) is 1. The highest BCUT2D eigenvalue weighted by Crippen LogP contribution is 2.25. The van der Waals surface area contributed by atoms with E-state index in [4.69, 9.17) is 10.2 Å². The quantitative estimate of drug-likeness (QED) is 0.853. The summed E-state index contributed by atoms with van der Waals surface area (Å²) < 4.78 is 5.60. The summed E-state index contributed by atoms with van der Waals surface area (Å²) in [5.74, 6) is 1.15. The Balaban J connectivity index is 0.00000220. The van der Waals surface area contributed by atoms with Crippen LogP contribution in [0.1, 0.15) is 25.3 Å². The first kappa shape index (κ1) is 20.9. The van der Waals surface area contributed by atoms with Crippen molar-refractivity contribution >= 4 is 42.1 Å². The van der Waals surface area contributed by atoms with Crippen LogP contribution in [0.3, 0.4) is 0 Å². The molecule has 3 N–H and O–H groups in total. The molecule has 0 aromatic carbocycles. The van der Waals surface area contributed by atoms with Gasteiger partial charge in [-0.3, -0.25) is 4.79 Å². The van der Waals surface area contributed by atoms with Crippen molar-refractivity contribution in [2.24, 2.45) is 5.73 Å². The van der Waals surface area contributed by atoms with E-state index < -0.39 is 5.54 Å². The maximum absolute atomic E-state index is 11.9. The summed E-state index contributed by atoms with van der Waals surface area (Å²) in [6, 6.07) is 3.88. The Bertz CT molecular complexity index is 592. The lowest BCUT2D eigenvalue weighted by Crippen LogP contribution is -2.45. The van der Waals surface area contributed by atoms with Gasteiger partial charge in [0.1, 0.15) is 5.76 Å². The highest BCUT2D eigenvalue weighted by Gasteiger charge is 2.17. The van der Waals surface area contributed by atoms with Gasteiger partial charge in [-0.15, -0.1) is 36.2 Å². The number of aryl methyl sites for hydroxylation is 1. The van der Waals surface area contributed by atoms with E-state index in [1.54, 1.807) is 11.3 Å². The molecular formula is C14H21Cl2N3O2S. The van der Waals surface area contributed by atoms with Gasteiger partial charge in [0, 0.05) is 12.1 Å². The molecule has 0 spiro atoms. The maximum atomic E-state index is 11.9. The lowest BCUT2D eigenvalue weighted by Gasteiger charge is -2.18. The summed E-state index contributed by atoms with van der Waals surface area (Å²) in [5, 5.41) is 4.76. The fourth-order valence-corrected chi connectivity index (χ4v) is 2.29. The van der Waals surface area contributed by atoms with E-state index in [0.29, 0.717) is 23.9 Å². The number of halogens is 2. The molecule has 22 heavy (non-hydrogen) atoms. The van der Waals surface area contributed by atoms with Gasteiger partial charge < -0.3 is 15.5 Å². The van der Waals surface area contributed by atoms with Crippen molar-refractivity contribution in [2.75, 3.05) is 6.54 Å². The van der Waals surface area contributed by atoms with Crippen molar-refractivity contribution in [1.82, 2.24) is 10.3 Å². The minimum absolute atomic E-state index is 0. The number of hydrogen-bond donors (Lipinski definition) is 2.